The highest BCUT2D eigenvalue weighted by Crippen LogP contribution is 2.28. The summed E-state index contributed by atoms with van der Waals surface area (Å²) in [4.78, 5) is 20.6. The molecule has 0 unspecified atom stereocenters. The zero-order valence-corrected chi connectivity index (χ0v) is 17.6. The predicted molar refractivity (Wildman–Crippen MR) is 118 cm³/mol. The number of methoxy groups -OCH3 is 2. The minimum Gasteiger partial charge on any atom is -0.497 e. The lowest BCUT2D eigenvalue weighted by atomic mass is 10.1. The van der Waals surface area contributed by atoms with Gasteiger partial charge in [0.25, 0.3) is 0 Å². The molecule has 0 bridgehead atoms. The fraction of sp³-hybridized carbons (Fsp3) is 0.250. The van der Waals surface area contributed by atoms with Gasteiger partial charge in [-0.2, -0.15) is 0 Å². The van der Waals surface area contributed by atoms with Gasteiger partial charge in [0.2, 0.25) is 5.88 Å². The Morgan fingerprint density at radius 1 is 1.03 bits per heavy atom. The average Bonchev–Trinajstić information content (AvgIpc) is 2.83. The normalized spacial score (nSPS) is 13.7. The number of ether oxygens (including phenoxy) is 2. The Morgan fingerprint density at radius 3 is 2.77 bits per heavy atom. The van der Waals surface area contributed by atoms with Crippen molar-refractivity contribution in [1.29, 1.82) is 0 Å². The molecular weight excluding hydrogens is 390 g/mol. The summed E-state index contributed by atoms with van der Waals surface area (Å²) in [6.07, 6.45) is 6.38. The third-order valence-corrected chi connectivity index (χ3v) is 5.58. The zero-order chi connectivity index (χ0) is 21.2. The summed E-state index contributed by atoms with van der Waals surface area (Å²) < 4.78 is 10.9. The molecule has 0 N–H and O–H groups in total. The topological polar surface area (TPSA) is 73.3 Å². The molecule has 0 amide bonds. The maximum atomic E-state index is 5.59. The van der Waals surface area contributed by atoms with Crippen LogP contribution >= 0.6 is 0 Å². The summed E-state index contributed by atoms with van der Waals surface area (Å²) in [5, 5.41) is 1.07. The lowest BCUT2D eigenvalue weighted by molar-refractivity contribution is 0.238. The molecule has 0 spiro atoms. The van der Waals surface area contributed by atoms with Gasteiger partial charge in [0, 0.05) is 72.8 Å². The number of benzene rings is 1. The molecule has 5 rings (SSSR count). The number of rotatable bonds is 5. The minimum absolute atomic E-state index is 0.648. The molecule has 0 radical (unpaired) electrons. The van der Waals surface area contributed by atoms with E-state index in [0.717, 1.165) is 70.9 Å². The lowest BCUT2D eigenvalue weighted by Gasteiger charge is -2.28. The minimum atomic E-state index is 0.648. The molecule has 0 saturated heterocycles. The molecule has 3 aromatic heterocycles. The van der Waals surface area contributed by atoms with Crippen molar-refractivity contribution >= 4 is 10.9 Å². The first-order valence-electron chi connectivity index (χ1n) is 10.2. The monoisotopic (exact) mass is 413 g/mol. The van der Waals surface area contributed by atoms with Crippen molar-refractivity contribution in [3.05, 3.63) is 71.8 Å². The van der Waals surface area contributed by atoms with Crippen molar-refractivity contribution in [1.82, 2.24) is 24.8 Å². The molecule has 1 aliphatic rings. The van der Waals surface area contributed by atoms with Crippen molar-refractivity contribution in [3.8, 4) is 23.0 Å². The quantitative estimate of drug-likeness (QED) is 0.494. The second-order valence-electron chi connectivity index (χ2n) is 7.58. The van der Waals surface area contributed by atoms with Crippen LogP contribution in [0.3, 0.4) is 0 Å². The smallest absolute Gasteiger partial charge is 0.218 e. The number of aromatic nitrogens is 4. The number of nitrogens with zero attached hydrogens (tertiary/aromatic N) is 5. The van der Waals surface area contributed by atoms with Gasteiger partial charge in [0.15, 0.2) is 5.82 Å². The van der Waals surface area contributed by atoms with Gasteiger partial charge in [0.1, 0.15) is 5.75 Å². The highest BCUT2D eigenvalue weighted by molar-refractivity contribution is 5.81. The molecule has 4 aromatic rings. The Balaban J connectivity index is 1.38. The van der Waals surface area contributed by atoms with Crippen LogP contribution < -0.4 is 9.47 Å². The molecule has 1 aromatic carbocycles. The van der Waals surface area contributed by atoms with Crippen LogP contribution in [0.1, 0.15) is 16.8 Å². The molecule has 0 saturated carbocycles. The van der Waals surface area contributed by atoms with Gasteiger partial charge >= 0.3 is 0 Å². The van der Waals surface area contributed by atoms with Crippen LogP contribution in [0.5, 0.6) is 11.6 Å². The second kappa shape index (κ2) is 8.28. The van der Waals surface area contributed by atoms with E-state index in [2.05, 4.69) is 20.9 Å². The first-order chi connectivity index (χ1) is 15.2. The Labute approximate surface area is 180 Å². The van der Waals surface area contributed by atoms with E-state index in [9.17, 15) is 0 Å². The van der Waals surface area contributed by atoms with Crippen molar-refractivity contribution in [2.75, 3.05) is 20.8 Å². The summed E-state index contributed by atoms with van der Waals surface area (Å²) in [7, 11) is 3.32. The Morgan fingerprint density at radius 2 is 1.97 bits per heavy atom. The van der Waals surface area contributed by atoms with E-state index < -0.39 is 0 Å². The van der Waals surface area contributed by atoms with Gasteiger partial charge < -0.3 is 9.47 Å². The van der Waals surface area contributed by atoms with Gasteiger partial charge in [-0.3, -0.25) is 9.88 Å². The van der Waals surface area contributed by atoms with E-state index >= 15 is 0 Å². The van der Waals surface area contributed by atoms with Crippen LogP contribution in [0, 0.1) is 0 Å². The summed E-state index contributed by atoms with van der Waals surface area (Å²) in [6, 6.07) is 11.9. The first-order valence-corrected chi connectivity index (χ1v) is 10.2. The van der Waals surface area contributed by atoms with Crippen LogP contribution in [-0.4, -0.2) is 45.6 Å². The second-order valence-corrected chi connectivity index (χ2v) is 7.58. The number of pyridine rings is 2. The number of hydrogen-bond donors (Lipinski definition) is 0. The van der Waals surface area contributed by atoms with Crippen LogP contribution in [0.2, 0.25) is 0 Å². The van der Waals surface area contributed by atoms with Crippen LogP contribution in [0.25, 0.3) is 22.3 Å². The van der Waals surface area contributed by atoms with E-state index in [1.165, 1.54) is 0 Å². The largest absolute Gasteiger partial charge is 0.497 e. The van der Waals surface area contributed by atoms with Gasteiger partial charge in [0.05, 0.1) is 25.4 Å². The van der Waals surface area contributed by atoms with E-state index in [4.69, 9.17) is 19.4 Å². The molecular formula is C24H23N5O2. The van der Waals surface area contributed by atoms with E-state index in [0.29, 0.717) is 5.88 Å². The summed E-state index contributed by atoms with van der Waals surface area (Å²) in [6.45, 7) is 2.47. The molecule has 7 nitrogen and oxygen atoms in total. The standard InChI is InChI=1S/C24H23N5O2/c1-30-20-6-5-16-10-18(24(31-2)28-22(16)11-20)14-29-9-7-21-19(15-29)13-26-23(27-21)17-4-3-8-25-12-17/h3-6,8,10-13H,7,9,14-15H2,1-2H3. The summed E-state index contributed by atoms with van der Waals surface area (Å²) in [5.41, 5.74) is 5.14. The van der Waals surface area contributed by atoms with E-state index in [1.807, 2.05) is 36.5 Å². The van der Waals surface area contributed by atoms with Crippen molar-refractivity contribution in [2.45, 2.75) is 19.5 Å². The molecule has 0 fully saturated rings. The fourth-order valence-corrected chi connectivity index (χ4v) is 3.97. The molecule has 7 heteroatoms. The molecule has 0 atom stereocenters. The highest BCUT2D eigenvalue weighted by Gasteiger charge is 2.21. The van der Waals surface area contributed by atoms with Crippen molar-refractivity contribution in [3.63, 3.8) is 0 Å². The maximum absolute atomic E-state index is 5.59. The average molecular weight is 413 g/mol. The first kappa shape index (κ1) is 19.4. The van der Waals surface area contributed by atoms with Crippen LogP contribution in [0.4, 0.5) is 0 Å². The Kier molecular flexibility index (Phi) is 5.18. The number of fused-ring (bicyclic) bond motifs is 2. The SMILES string of the molecule is COc1ccc2cc(CN3CCc4nc(-c5cccnc5)ncc4C3)c(OC)nc2c1. The van der Waals surface area contributed by atoms with Gasteiger partial charge in [-0.1, -0.05) is 0 Å². The third-order valence-electron chi connectivity index (χ3n) is 5.58. The Hall–Kier alpha value is -3.58. The Bertz CT molecular complexity index is 1230. The molecule has 31 heavy (non-hydrogen) atoms. The van der Waals surface area contributed by atoms with Crippen LogP contribution in [-0.2, 0) is 19.5 Å². The molecule has 4 heterocycles. The molecule has 156 valence electrons. The predicted octanol–water partition coefficient (Wildman–Crippen LogP) is 3.66. The maximum Gasteiger partial charge on any atom is 0.218 e. The van der Waals surface area contributed by atoms with Gasteiger partial charge in [-0.15, -0.1) is 0 Å². The van der Waals surface area contributed by atoms with Gasteiger partial charge in [-0.05, 0) is 30.3 Å². The third kappa shape index (κ3) is 3.92. The van der Waals surface area contributed by atoms with Crippen molar-refractivity contribution in [2.24, 2.45) is 0 Å². The number of hydrogen-bond acceptors (Lipinski definition) is 7. The van der Waals surface area contributed by atoms with Crippen molar-refractivity contribution < 1.29 is 9.47 Å². The summed E-state index contributed by atoms with van der Waals surface area (Å²) in [5.74, 6) is 2.17. The zero-order valence-electron chi connectivity index (χ0n) is 17.6. The van der Waals surface area contributed by atoms with Crippen LogP contribution in [0.15, 0.2) is 55.0 Å². The molecule has 1 aliphatic heterocycles. The summed E-state index contributed by atoms with van der Waals surface area (Å²) >= 11 is 0. The van der Waals surface area contributed by atoms with E-state index in [-0.39, 0.29) is 0 Å². The van der Waals surface area contributed by atoms with Gasteiger partial charge in [-0.25, -0.2) is 15.0 Å². The van der Waals surface area contributed by atoms with E-state index in [1.54, 1.807) is 26.6 Å². The fourth-order valence-electron chi connectivity index (χ4n) is 3.97. The molecule has 0 aliphatic carbocycles. The highest BCUT2D eigenvalue weighted by atomic mass is 16.5. The lowest BCUT2D eigenvalue weighted by Crippen LogP contribution is -2.31.